The molecule has 0 aliphatic heterocycles. The van der Waals surface area contributed by atoms with Crippen molar-refractivity contribution in [3.63, 3.8) is 0 Å². The lowest BCUT2D eigenvalue weighted by Gasteiger charge is -2.21. The maximum absolute atomic E-state index is 12.4. The molecule has 0 fully saturated rings. The van der Waals surface area contributed by atoms with Crippen molar-refractivity contribution in [3.8, 4) is 5.75 Å². The number of carbonyl (C=O) groups is 1. The van der Waals surface area contributed by atoms with Gasteiger partial charge in [-0.1, -0.05) is 56.7 Å². The molecule has 0 bridgehead atoms. The van der Waals surface area contributed by atoms with E-state index in [1.807, 2.05) is 56.3 Å². The van der Waals surface area contributed by atoms with Gasteiger partial charge in [0.15, 0.2) is 6.10 Å². The van der Waals surface area contributed by atoms with Crippen LogP contribution < -0.4 is 10.1 Å². The summed E-state index contributed by atoms with van der Waals surface area (Å²) in [5.74, 6) is 0.736. The molecule has 3 heteroatoms. The summed E-state index contributed by atoms with van der Waals surface area (Å²) in [6.45, 7) is 6.12. The van der Waals surface area contributed by atoms with Gasteiger partial charge in [-0.15, -0.1) is 0 Å². The van der Waals surface area contributed by atoms with E-state index in [9.17, 15) is 4.79 Å². The standard InChI is InChI=1S/C19H25NO2/c1-4-9-14(3)20-19(21)17(5-2)22-18-13-8-11-15-10-6-7-12-16(15)18/h6-8,10-14,17H,4-5,9H2,1-3H3,(H,20,21)/t14-,17+/m0/s1. The van der Waals surface area contributed by atoms with Gasteiger partial charge in [0.2, 0.25) is 0 Å². The van der Waals surface area contributed by atoms with E-state index in [-0.39, 0.29) is 11.9 Å². The molecule has 118 valence electrons. The predicted molar refractivity (Wildman–Crippen MR) is 91.2 cm³/mol. The normalized spacial score (nSPS) is 13.6. The van der Waals surface area contributed by atoms with Crippen LogP contribution >= 0.6 is 0 Å². The summed E-state index contributed by atoms with van der Waals surface area (Å²) in [6.07, 6.45) is 2.23. The van der Waals surface area contributed by atoms with E-state index in [0.717, 1.165) is 29.4 Å². The minimum atomic E-state index is -0.454. The van der Waals surface area contributed by atoms with Gasteiger partial charge in [-0.05, 0) is 31.2 Å². The van der Waals surface area contributed by atoms with Crippen molar-refractivity contribution >= 4 is 16.7 Å². The number of hydrogen-bond donors (Lipinski definition) is 1. The van der Waals surface area contributed by atoms with Crippen LogP contribution in [0.5, 0.6) is 5.75 Å². The van der Waals surface area contributed by atoms with Crippen molar-refractivity contribution in [2.75, 3.05) is 0 Å². The van der Waals surface area contributed by atoms with Crippen molar-refractivity contribution in [1.29, 1.82) is 0 Å². The second-order valence-electron chi connectivity index (χ2n) is 5.69. The van der Waals surface area contributed by atoms with Crippen molar-refractivity contribution in [2.24, 2.45) is 0 Å². The fourth-order valence-corrected chi connectivity index (χ4v) is 2.61. The van der Waals surface area contributed by atoms with Crippen molar-refractivity contribution in [1.82, 2.24) is 5.32 Å². The Labute approximate surface area is 132 Å². The minimum Gasteiger partial charge on any atom is -0.480 e. The zero-order valence-corrected chi connectivity index (χ0v) is 13.6. The van der Waals surface area contributed by atoms with Gasteiger partial charge in [0.25, 0.3) is 5.91 Å². The molecule has 2 aromatic carbocycles. The SMILES string of the molecule is CCC[C@H](C)NC(=O)[C@@H](CC)Oc1cccc2ccccc12. The summed E-state index contributed by atoms with van der Waals surface area (Å²) >= 11 is 0. The molecular formula is C19H25NO2. The Morgan fingerprint density at radius 3 is 2.59 bits per heavy atom. The molecule has 0 spiro atoms. The Hall–Kier alpha value is -2.03. The van der Waals surface area contributed by atoms with Gasteiger partial charge in [0, 0.05) is 11.4 Å². The molecule has 1 amide bonds. The molecule has 0 heterocycles. The van der Waals surface area contributed by atoms with Crippen molar-refractivity contribution < 1.29 is 9.53 Å². The lowest BCUT2D eigenvalue weighted by Crippen LogP contribution is -2.42. The minimum absolute atomic E-state index is 0.0311. The molecule has 2 rings (SSSR count). The Morgan fingerprint density at radius 2 is 1.86 bits per heavy atom. The molecule has 0 saturated heterocycles. The molecule has 0 unspecified atom stereocenters. The average molecular weight is 299 g/mol. The maximum atomic E-state index is 12.4. The summed E-state index contributed by atoms with van der Waals surface area (Å²) in [7, 11) is 0. The number of nitrogens with one attached hydrogen (secondary N) is 1. The smallest absolute Gasteiger partial charge is 0.261 e. The molecule has 0 radical (unpaired) electrons. The van der Waals surface area contributed by atoms with Crippen molar-refractivity contribution in [3.05, 3.63) is 42.5 Å². The second kappa shape index (κ2) is 7.83. The first-order chi connectivity index (χ1) is 10.7. The quantitative estimate of drug-likeness (QED) is 0.827. The van der Waals surface area contributed by atoms with Crippen LogP contribution in [0.2, 0.25) is 0 Å². The topological polar surface area (TPSA) is 38.3 Å². The predicted octanol–water partition coefficient (Wildman–Crippen LogP) is 4.30. The summed E-state index contributed by atoms with van der Waals surface area (Å²) in [6, 6.07) is 14.2. The molecule has 3 nitrogen and oxygen atoms in total. The van der Waals surface area contributed by atoms with Gasteiger partial charge in [-0.25, -0.2) is 0 Å². The molecule has 0 aromatic heterocycles. The van der Waals surface area contributed by atoms with E-state index in [4.69, 9.17) is 4.74 Å². The number of carbonyl (C=O) groups excluding carboxylic acids is 1. The molecule has 0 aliphatic rings. The molecule has 2 aromatic rings. The summed E-state index contributed by atoms with van der Waals surface area (Å²) in [5.41, 5.74) is 0. The van der Waals surface area contributed by atoms with Gasteiger partial charge in [-0.2, -0.15) is 0 Å². The number of amides is 1. The highest BCUT2D eigenvalue weighted by atomic mass is 16.5. The first kappa shape index (κ1) is 16.3. The van der Waals surface area contributed by atoms with Gasteiger partial charge in [-0.3, -0.25) is 4.79 Å². The maximum Gasteiger partial charge on any atom is 0.261 e. The van der Waals surface area contributed by atoms with Crippen LogP contribution in [0.4, 0.5) is 0 Å². The second-order valence-corrected chi connectivity index (χ2v) is 5.69. The molecule has 0 saturated carbocycles. The largest absolute Gasteiger partial charge is 0.480 e. The Bertz CT molecular complexity index is 618. The number of hydrogen-bond acceptors (Lipinski definition) is 2. The molecule has 2 atom stereocenters. The number of fused-ring (bicyclic) bond motifs is 1. The third kappa shape index (κ3) is 4.00. The lowest BCUT2D eigenvalue weighted by molar-refractivity contribution is -0.128. The van der Waals surface area contributed by atoms with Crippen molar-refractivity contribution in [2.45, 2.75) is 52.2 Å². The van der Waals surface area contributed by atoms with Crippen LogP contribution in [0.25, 0.3) is 10.8 Å². The monoisotopic (exact) mass is 299 g/mol. The summed E-state index contributed by atoms with van der Waals surface area (Å²) < 4.78 is 6.01. The Morgan fingerprint density at radius 1 is 1.14 bits per heavy atom. The molecule has 22 heavy (non-hydrogen) atoms. The fraction of sp³-hybridized carbons (Fsp3) is 0.421. The lowest BCUT2D eigenvalue weighted by atomic mass is 10.1. The molecule has 0 aliphatic carbocycles. The van der Waals surface area contributed by atoms with E-state index in [1.54, 1.807) is 0 Å². The van der Waals surface area contributed by atoms with Crippen LogP contribution in [-0.4, -0.2) is 18.1 Å². The van der Waals surface area contributed by atoms with Gasteiger partial charge in [0.1, 0.15) is 5.75 Å². The molecule has 1 N–H and O–H groups in total. The number of benzene rings is 2. The highest BCUT2D eigenvalue weighted by molar-refractivity contribution is 5.89. The third-order valence-corrected chi connectivity index (χ3v) is 3.79. The first-order valence-electron chi connectivity index (χ1n) is 8.10. The summed E-state index contributed by atoms with van der Waals surface area (Å²) in [4.78, 5) is 12.4. The Balaban J connectivity index is 2.13. The first-order valence-corrected chi connectivity index (χ1v) is 8.10. The number of ether oxygens (including phenoxy) is 1. The van der Waals surface area contributed by atoms with Crippen LogP contribution in [0, 0.1) is 0 Å². The fourth-order valence-electron chi connectivity index (χ4n) is 2.61. The van der Waals surface area contributed by atoms with Gasteiger partial charge in [0.05, 0.1) is 0 Å². The summed E-state index contributed by atoms with van der Waals surface area (Å²) in [5, 5.41) is 5.20. The molecular weight excluding hydrogens is 274 g/mol. The van der Waals surface area contributed by atoms with Gasteiger partial charge < -0.3 is 10.1 Å². The highest BCUT2D eigenvalue weighted by Gasteiger charge is 2.20. The van der Waals surface area contributed by atoms with Crippen LogP contribution in [0.3, 0.4) is 0 Å². The van der Waals surface area contributed by atoms with Crippen LogP contribution in [0.1, 0.15) is 40.0 Å². The van der Waals surface area contributed by atoms with E-state index >= 15 is 0 Å². The van der Waals surface area contributed by atoms with Crippen LogP contribution in [-0.2, 0) is 4.79 Å². The van der Waals surface area contributed by atoms with E-state index in [1.165, 1.54) is 0 Å². The average Bonchev–Trinajstić information content (AvgIpc) is 2.52. The highest BCUT2D eigenvalue weighted by Crippen LogP contribution is 2.26. The Kier molecular flexibility index (Phi) is 5.82. The van der Waals surface area contributed by atoms with E-state index < -0.39 is 6.10 Å². The van der Waals surface area contributed by atoms with E-state index in [0.29, 0.717) is 6.42 Å². The van der Waals surface area contributed by atoms with Crippen LogP contribution in [0.15, 0.2) is 42.5 Å². The third-order valence-electron chi connectivity index (χ3n) is 3.79. The number of rotatable bonds is 7. The zero-order valence-electron chi connectivity index (χ0n) is 13.6. The van der Waals surface area contributed by atoms with Gasteiger partial charge >= 0.3 is 0 Å². The van der Waals surface area contributed by atoms with E-state index in [2.05, 4.69) is 12.2 Å². The zero-order chi connectivity index (χ0) is 15.9.